The molecule has 0 atom stereocenters. The first-order chi connectivity index (χ1) is 23.7. The highest BCUT2D eigenvalue weighted by Gasteiger charge is 2.21. The Morgan fingerprint density at radius 2 is 1.21 bits per heavy atom. The lowest BCUT2D eigenvalue weighted by Crippen LogP contribution is -2.02. The van der Waals surface area contributed by atoms with E-state index < -0.39 is 0 Å². The zero-order valence-electron chi connectivity index (χ0n) is 25.3. The average Bonchev–Trinajstić information content (AvgIpc) is 3.68. The number of nitrogens with zero attached hydrogens (tertiary/aromatic N) is 6. The van der Waals surface area contributed by atoms with Gasteiger partial charge in [-0.2, -0.15) is 5.26 Å². The SMILES string of the molecule is [C-]#[N+]c1cc(-n2c3ccccc3c3cc4sc5ccccc5c4cc32)c(C#N)cc1-c1nc(-c2ccccc2)nc(-c2ccccc2)n1. The molecule has 0 N–H and O–H groups in total. The van der Waals surface area contributed by atoms with Gasteiger partial charge in [-0.25, -0.2) is 19.8 Å². The van der Waals surface area contributed by atoms with Gasteiger partial charge in [-0.1, -0.05) is 97.1 Å². The summed E-state index contributed by atoms with van der Waals surface area (Å²) in [5.74, 6) is 1.32. The van der Waals surface area contributed by atoms with E-state index in [1.807, 2.05) is 72.8 Å². The Balaban J connectivity index is 1.31. The number of benzene rings is 6. The van der Waals surface area contributed by atoms with Crippen LogP contribution in [0.15, 0.2) is 133 Å². The molecule has 0 aliphatic rings. The first-order valence-electron chi connectivity index (χ1n) is 15.4. The highest BCUT2D eigenvalue weighted by molar-refractivity contribution is 7.25. The monoisotopic (exact) mass is 630 g/mol. The molecule has 0 saturated carbocycles. The Kier molecular flexibility index (Phi) is 6.33. The van der Waals surface area contributed by atoms with Gasteiger partial charge >= 0.3 is 0 Å². The molecule has 0 aliphatic carbocycles. The molecule has 0 radical (unpaired) electrons. The molecule has 0 saturated heterocycles. The standard InChI is InChI=1S/C41H22N6S/c1-43-33-23-35(47-34-18-10-8-16-28(34)30-22-38-31(21-36(30)47)29-17-9-11-19-37(29)48-38)27(24-42)20-32(33)41-45-39(25-12-4-2-5-13-25)44-40(46-41)26-14-6-3-7-15-26/h2-23H. The summed E-state index contributed by atoms with van der Waals surface area (Å²) < 4.78 is 4.56. The van der Waals surface area contributed by atoms with Gasteiger partial charge in [-0.15, -0.1) is 11.3 Å². The molecule has 6 nitrogen and oxygen atoms in total. The molecule has 48 heavy (non-hydrogen) atoms. The van der Waals surface area contributed by atoms with Crippen LogP contribution in [0.3, 0.4) is 0 Å². The number of para-hydroxylation sites is 1. The molecule has 6 aromatic carbocycles. The van der Waals surface area contributed by atoms with Crippen molar-refractivity contribution in [1.82, 2.24) is 19.5 Å². The van der Waals surface area contributed by atoms with E-state index in [9.17, 15) is 5.26 Å². The lowest BCUT2D eigenvalue weighted by atomic mass is 10.0. The maximum atomic E-state index is 10.6. The third-order valence-corrected chi connectivity index (χ3v) is 9.84. The number of thiophene rings is 1. The van der Waals surface area contributed by atoms with Crippen molar-refractivity contribution >= 4 is 59.0 Å². The molecular weight excluding hydrogens is 609 g/mol. The number of fused-ring (bicyclic) bond motifs is 6. The van der Waals surface area contributed by atoms with Crippen molar-refractivity contribution in [2.45, 2.75) is 0 Å². The van der Waals surface area contributed by atoms with Gasteiger partial charge in [-0.3, -0.25) is 0 Å². The summed E-state index contributed by atoms with van der Waals surface area (Å²) in [4.78, 5) is 18.5. The minimum Gasteiger partial charge on any atom is -0.309 e. The average molecular weight is 631 g/mol. The van der Waals surface area contributed by atoms with Crippen LogP contribution in [-0.4, -0.2) is 19.5 Å². The summed E-state index contributed by atoms with van der Waals surface area (Å²) in [5, 5.41) is 15.2. The van der Waals surface area contributed by atoms with Gasteiger partial charge in [-0.05, 0) is 36.4 Å². The van der Waals surface area contributed by atoms with Crippen LogP contribution in [0.1, 0.15) is 5.56 Å². The van der Waals surface area contributed by atoms with Gasteiger partial charge in [0.05, 0.1) is 28.9 Å². The van der Waals surface area contributed by atoms with Crippen LogP contribution < -0.4 is 0 Å². The maximum Gasteiger partial charge on any atom is 0.200 e. The van der Waals surface area contributed by atoms with Gasteiger partial charge in [0.2, 0.25) is 0 Å². The number of aromatic nitrogens is 4. The van der Waals surface area contributed by atoms with Crippen molar-refractivity contribution in [3.8, 4) is 45.9 Å². The number of nitriles is 1. The fourth-order valence-corrected chi connectivity index (χ4v) is 7.63. The molecular formula is C41H22N6S. The van der Waals surface area contributed by atoms with Crippen LogP contribution in [0.25, 0.3) is 86.7 Å². The van der Waals surface area contributed by atoms with Crippen molar-refractivity contribution in [2.75, 3.05) is 0 Å². The largest absolute Gasteiger partial charge is 0.309 e. The van der Waals surface area contributed by atoms with Crippen LogP contribution in [0.2, 0.25) is 0 Å². The molecule has 7 heteroatoms. The van der Waals surface area contributed by atoms with Gasteiger partial charge in [0.1, 0.15) is 6.07 Å². The zero-order chi connectivity index (χ0) is 32.2. The maximum absolute atomic E-state index is 10.6. The predicted octanol–water partition coefficient (Wildman–Crippen LogP) is 10.8. The lowest BCUT2D eigenvalue weighted by molar-refractivity contribution is 1.07. The van der Waals surface area contributed by atoms with Gasteiger partial charge in [0.25, 0.3) is 0 Å². The van der Waals surface area contributed by atoms with E-state index in [-0.39, 0.29) is 0 Å². The molecule has 0 unspecified atom stereocenters. The molecule has 0 bridgehead atoms. The molecule has 9 rings (SSSR count). The summed E-state index contributed by atoms with van der Waals surface area (Å²) in [6, 6.07) is 46.6. The lowest BCUT2D eigenvalue weighted by Gasteiger charge is -2.14. The van der Waals surface area contributed by atoms with Crippen LogP contribution in [0, 0.1) is 17.9 Å². The quantitative estimate of drug-likeness (QED) is 0.181. The van der Waals surface area contributed by atoms with E-state index in [0.717, 1.165) is 32.9 Å². The fraction of sp³-hybridized carbons (Fsp3) is 0. The normalized spacial score (nSPS) is 11.3. The number of hydrogen-bond acceptors (Lipinski definition) is 5. The number of hydrogen-bond donors (Lipinski definition) is 0. The van der Waals surface area contributed by atoms with E-state index in [1.165, 1.54) is 20.2 Å². The summed E-state index contributed by atoms with van der Waals surface area (Å²) in [6.45, 7) is 8.29. The summed E-state index contributed by atoms with van der Waals surface area (Å²) in [6.07, 6.45) is 0. The second kappa shape index (κ2) is 11.0. The smallest absolute Gasteiger partial charge is 0.200 e. The Hall–Kier alpha value is -6.67. The van der Waals surface area contributed by atoms with Crippen LogP contribution in [0.4, 0.5) is 5.69 Å². The first-order valence-corrected chi connectivity index (χ1v) is 16.2. The fourth-order valence-electron chi connectivity index (χ4n) is 6.50. The zero-order valence-corrected chi connectivity index (χ0v) is 26.1. The molecule has 0 fully saturated rings. The molecule has 9 aromatic rings. The van der Waals surface area contributed by atoms with Crippen LogP contribution in [-0.2, 0) is 0 Å². The Labute approximate surface area is 279 Å². The van der Waals surface area contributed by atoms with Gasteiger partial charge < -0.3 is 4.57 Å². The van der Waals surface area contributed by atoms with Gasteiger partial charge in [0.15, 0.2) is 23.2 Å². The molecule has 3 heterocycles. The second-order valence-electron chi connectivity index (χ2n) is 11.5. The Morgan fingerprint density at radius 3 is 1.90 bits per heavy atom. The third-order valence-electron chi connectivity index (χ3n) is 8.71. The molecule has 222 valence electrons. The van der Waals surface area contributed by atoms with E-state index in [4.69, 9.17) is 21.5 Å². The van der Waals surface area contributed by atoms with Crippen molar-refractivity contribution in [1.29, 1.82) is 5.26 Å². The first kappa shape index (κ1) is 27.6. The van der Waals surface area contributed by atoms with E-state index in [2.05, 4.69) is 64.0 Å². The van der Waals surface area contributed by atoms with Crippen molar-refractivity contribution in [3.05, 3.63) is 150 Å². The molecule has 3 aromatic heterocycles. The van der Waals surface area contributed by atoms with Gasteiger partial charge in [0, 0.05) is 47.6 Å². The Morgan fingerprint density at radius 1 is 0.583 bits per heavy atom. The topological polar surface area (TPSA) is 71.8 Å². The molecule has 0 aliphatic heterocycles. The highest BCUT2D eigenvalue weighted by atomic mass is 32.1. The van der Waals surface area contributed by atoms with E-state index in [1.54, 1.807) is 23.5 Å². The second-order valence-corrected chi connectivity index (χ2v) is 12.5. The predicted molar refractivity (Wildman–Crippen MR) is 194 cm³/mol. The van der Waals surface area contributed by atoms with E-state index in [0.29, 0.717) is 40.0 Å². The highest BCUT2D eigenvalue weighted by Crippen LogP contribution is 2.42. The van der Waals surface area contributed by atoms with Crippen LogP contribution in [0.5, 0.6) is 0 Å². The summed E-state index contributed by atoms with van der Waals surface area (Å²) in [7, 11) is 0. The van der Waals surface area contributed by atoms with Crippen molar-refractivity contribution < 1.29 is 0 Å². The van der Waals surface area contributed by atoms with Crippen molar-refractivity contribution in [2.24, 2.45) is 0 Å². The minimum atomic E-state index is 0.338. The third kappa shape index (κ3) is 4.34. The van der Waals surface area contributed by atoms with Crippen LogP contribution >= 0.6 is 11.3 Å². The summed E-state index contributed by atoms with van der Waals surface area (Å²) in [5.41, 5.74) is 5.49. The Bertz CT molecular complexity index is 2740. The van der Waals surface area contributed by atoms with E-state index >= 15 is 0 Å². The minimum absolute atomic E-state index is 0.338. The molecule has 0 spiro atoms. The number of rotatable bonds is 4. The van der Waals surface area contributed by atoms with Crippen molar-refractivity contribution in [3.63, 3.8) is 0 Å². The summed E-state index contributed by atoms with van der Waals surface area (Å²) >= 11 is 1.78. The molecule has 0 amide bonds.